The monoisotopic (exact) mass is 315 g/mol. The van der Waals surface area contributed by atoms with Gasteiger partial charge in [0.05, 0.1) is 12.1 Å². The smallest absolute Gasteiger partial charge is 0.343 e. The van der Waals surface area contributed by atoms with Crippen molar-refractivity contribution in [1.29, 1.82) is 0 Å². The van der Waals surface area contributed by atoms with Crippen LogP contribution in [-0.4, -0.2) is 18.1 Å². The van der Waals surface area contributed by atoms with Crippen LogP contribution in [0.15, 0.2) is 30.5 Å². The van der Waals surface area contributed by atoms with Crippen molar-refractivity contribution in [3.63, 3.8) is 0 Å². The molecule has 0 spiro atoms. The van der Waals surface area contributed by atoms with Crippen LogP contribution in [0.2, 0.25) is 10.2 Å². The molecule has 0 amide bonds. The number of benzene rings is 1. The number of hydrogen-bond donors (Lipinski definition) is 0. The minimum absolute atomic E-state index is 0.0243. The first kappa shape index (κ1) is 14.6. The molecule has 104 valence electrons. The molecule has 0 radical (unpaired) electrons. The number of pyridine rings is 1. The molecule has 0 bridgehead atoms. The average Bonchev–Trinajstić information content (AvgIpc) is 2.43. The van der Waals surface area contributed by atoms with Crippen LogP contribution in [0.5, 0.6) is 11.5 Å². The van der Waals surface area contributed by atoms with E-state index in [1.165, 1.54) is 37.6 Å². The summed E-state index contributed by atoms with van der Waals surface area (Å²) in [5, 5.41) is -0.00244. The fourth-order valence-electron chi connectivity index (χ4n) is 1.44. The Labute approximate surface area is 124 Å². The maximum absolute atomic E-state index is 13.8. The summed E-state index contributed by atoms with van der Waals surface area (Å²) in [6.45, 7) is 0. The highest BCUT2D eigenvalue weighted by molar-refractivity contribution is 6.31. The molecule has 0 atom stereocenters. The molecule has 4 nitrogen and oxygen atoms in total. The van der Waals surface area contributed by atoms with Gasteiger partial charge in [0.25, 0.3) is 0 Å². The van der Waals surface area contributed by atoms with Crippen LogP contribution in [0.1, 0.15) is 10.4 Å². The summed E-state index contributed by atoms with van der Waals surface area (Å²) < 4.78 is 23.7. The summed E-state index contributed by atoms with van der Waals surface area (Å²) >= 11 is 11.4. The molecule has 0 aliphatic carbocycles. The molecule has 0 saturated heterocycles. The number of hydrogen-bond acceptors (Lipinski definition) is 4. The van der Waals surface area contributed by atoms with Crippen LogP contribution in [0, 0.1) is 5.82 Å². The summed E-state index contributed by atoms with van der Waals surface area (Å²) in [6, 6.07) is 5.55. The van der Waals surface area contributed by atoms with Crippen molar-refractivity contribution in [2.75, 3.05) is 7.11 Å². The molecule has 20 heavy (non-hydrogen) atoms. The number of carbonyl (C=O) groups excluding carboxylic acids is 1. The highest BCUT2D eigenvalue weighted by atomic mass is 35.5. The number of aromatic nitrogens is 1. The van der Waals surface area contributed by atoms with Gasteiger partial charge in [-0.1, -0.05) is 29.3 Å². The van der Waals surface area contributed by atoms with Gasteiger partial charge in [-0.05, 0) is 12.1 Å². The molecule has 7 heteroatoms. The largest absolute Gasteiger partial charge is 0.465 e. The number of methoxy groups -OCH3 is 1. The Kier molecular flexibility index (Phi) is 4.42. The minimum Gasteiger partial charge on any atom is -0.465 e. The number of esters is 1. The van der Waals surface area contributed by atoms with Gasteiger partial charge in [0.2, 0.25) is 0 Å². The van der Waals surface area contributed by atoms with Gasteiger partial charge in [0, 0.05) is 12.3 Å². The normalized spacial score (nSPS) is 10.2. The van der Waals surface area contributed by atoms with Crippen molar-refractivity contribution >= 4 is 29.2 Å². The van der Waals surface area contributed by atoms with Gasteiger partial charge in [-0.3, -0.25) is 0 Å². The van der Waals surface area contributed by atoms with Crippen molar-refractivity contribution in [1.82, 2.24) is 4.98 Å². The molecule has 0 fully saturated rings. The number of rotatable bonds is 3. The lowest BCUT2D eigenvalue weighted by Gasteiger charge is -2.11. The predicted molar refractivity (Wildman–Crippen MR) is 72.1 cm³/mol. The van der Waals surface area contributed by atoms with E-state index in [9.17, 15) is 9.18 Å². The molecule has 1 aromatic carbocycles. The number of ether oxygens (including phenoxy) is 2. The second kappa shape index (κ2) is 6.07. The number of halogens is 3. The molecule has 1 heterocycles. The third kappa shape index (κ3) is 3.00. The van der Waals surface area contributed by atoms with Crippen molar-refractivity contribution < 1.29 is 18.7 Å². The molecular weight excluding hydrogens is 308 g/mol. The second-order valence-corrected chi connectivity index (χ2v) is 4.44. The van der Waals surface area contributed by atoms with E-state index in [0.717, 1.165) is 0 Å². The lowest BCUT2D eigenvalue weighted by molar-refractivity contribution is 0.0597. The Morgan fingerprint density at radius 2 is 2.05 bits per heavy atom. The van der Waals surface area contributed by atoms with Crippen LogP contribution in [0.3, 0.4) is 0 Å². The van der Waals surface area contributed by atoms with E-state index in [4.69, 9.17) is 27.9 Å². The van der Waals surface area contributed by atoms with E-state index in [-0.39, 0.29) is 27.2 Å². The molecule has 0 aliphatic heterocycles. The van der Waals surface area contributed by atoms with Crippen molar-refractivity contribution in [2.45, 2.75) is 0 Å². The Morgan fingerprint density at radius 1 is 1.30 bits per heavy atom. The highest BCUT2D eigenvalue weighted by Gasteiger charge is 2.17. The number of nitrogens with zero attached hydrogens (tertiary/aromatic N) is 1. The van der Waals surface area contributed by atoms with Crippen LogP contribution in [-0.2, 0) is 4.74 Å². The van der Waals surface area contributed by atoms with Gasteiger partial charge < -0.3 is 9.47 Å². The zero-order chi connectivity index (χ0) is 14.7. The fraction of sp³-hybridized carbons (Fsp3) is 0.0769. The molecule has 0 N–H and O–H groups in total. The second-order valence-electron chi connectivity index (χ2n) is 3.65. The Bertz CT molecular complexity index is 664. The summed E-state index contributed by atoms with van der Waals surface area (Å²) in [6.07, 6.45) is 1.19. The lowest BCUT2D eigenvalue weighted by Crippen LogP contribution is -2.05. The molecule has 0 aliphatic rings. The van der Waals surface area contributed by atoms with Crippen molar-refractivity contribution in [3.8, 4) is 11.5 Å². The van der Waals surface area contributed by atoms with E-state index < -0.39 is 11.8 Å². The third-order valence-electron chi connectivity index (χ3n) is 2.37. The highest BCUT2D eigenvalue weighted by Crippen LogP contribution is 2.31. The van der Waals surface area contributed by atoms with Crippen molar-refractivity contribution in [2.24, 2.45) is 0 Å². The first-order chi connectivity index (χ1) is 9.52. The molecule has 1 aromatic heterocycles. The van der Waals surface area contributed by atoms with Gasteiger partial charge in [-0.2, -0.15) is 0 Å². The van der Waals surface area contributed by atoms with E-state index in [0.29, 0.717) is 0 Å². The van der Waals surface area contributed by atoms with Gasteiger partial charge in [-0.15, -0.1) is 0 Å². The lowest BCUT2D eigenvalue weighted by atomic mass is 10.2. The Hall–Kier alpha value is -1.85. The van der Waals surface area contributed by atoms with E-state index in [1.54, 1.807) is 0 Å². The predicted octanol–water partition coefficient (Wildman–Crippen LogP) is 4.11. The van der Waals surface area contributed by atoms with Crippen LogP contribution < -0.4 is 4.74 Å². The summed E-state index contributed by atoms with van der Waals surface area (Å²) in [4.78, 5) is 15.3. The summed E-state index contributed by atoms with van der Waals surface area (Å²) in [5.41, 5.74) is 0.0243. The summed E-state index contributed by atoms with van der Waals surface area (Å²) in [5.74, 6) is -1.52. The maximum atomic E-state index is 13.8. The Morgan fingerprint density at radius 3 is 2.75 bits per heavy atom. The zero-order valence-electron chi connectivity index (χ0n) is 10.2. The van der Waals surface area contributed by atoms with Crippen LogP contribution >= 0.6 is 23.2 Å². The SMILES string of the molecule is COC(=O)c1cnc(Cl)cc1Oc1cccc(Cl)c1F. The average molecular weight is 316 g/mol. The first-order valence-electron chi connectivity index (χ1n) is 5.38. The van der Waals surface area contributed by atoms with E-state index in [1.807, 2.05) is 0 Å². The molecule has 0 unspecified atom stereocenters. The summed E-state index contributed by atoms with van der Waals surface area (Å²) in [7, 11) is 1.21. The van der Waals surface area contributed by atoms with Gasteiger partial charge in [0.15, 0.2) is 11.6 Å². The van der Waals surface area contributed by atoms with Crippen LogP contribution in [0.4, 0.5) is 4.39 Å². The zero-order valence-corrected chi connectivity index (χ0v) is 11.7. The van der Waals surface area contributed by atoms with E-state index >= 15 is 0 Å². The first-order valence-corrected chi connectivity index (χ1v) is 6.14. The van der Waals surface area contributed by atoms with Crippen molar-refractivity contribution in [3.05, 3.63) is 52.0 Å². The van der Waals surface area contributed by atoms with Gasteiger partial charge >= 0.3 is 5.97 Å². The fourth-order valence-corrected chi connectivity index (χ4v) is 1.76. The number of carbonyl (C=O) groups is 1. The quantitative estimate of drug-likeness (QED) is 0.632. The van der Waals surface area contributed by atoms with Gasteiger partial charge in [0.1, 0.15) is 16.5 Å². The topological polar surface area (TPSA) is 48.4 Å². The van der Waals surface area contributed by atoms with Crippen LogP contribution in [0.25, 0.3) is 0 Å². The maximum Gasteiger partial charge on any atom is 0.343 e. The molecule has 2 rings (SSSR count). The Balaban J connectivity index is 2.44. The third-order valence-corrected chi connectivity index (χ3v) is 2.87. The van der Waals surface area contributed by atoms with E-state index in [2.05, 4.69) is 9.72 Å². The molecular formula is C13H8Cl2FNO3. The standard InChI is InChI=1S/C13H8Cl2FNO3/c1-19-13(18)7-6-17-11(15)5-10(7)20-9-4-2-3-8(14)12(9)16/h2-6H,1H3. The van der Waals surface area contributed by atoms with Gasteiger partial charge in [-0.25, -0.2) is 14.2 Å². The molecule has 2 aromatic rings. The molecule has 0 saturated carbocycles. The minimum atomic E-state index is -0.738.